The molecule has 118 valence electrons. The Kier molecular flexibility index (Phi) is 4.39. The fraction of sp³-hybridized carbons (Fsp3) is 0.222. The minimum Gasteiger partial charge on any atom is -0.497 e. The van der Waals surface area contributed by atoms with Gasteiger partial charge in [-0.2, -0.15) is 0 Å². The van der Waals surface area contributed by atoms with E-state index in [1.807, 2.05) is 43.3 Å². The van der Waals surface area contributed by atoms with Gasteiger partial charge in [0.25, 0.3) is 0 Å². The first kappa shape index (κ1) is 15.6. The summed E-state index contributed by atoms with van der Waals surface area (Å²) in [6.45, 7) is 1.85. The van der Waals surface area contributed by atoms with Crippen LogP contribution in [-0.2, 0) is 4.79 Å². The number of thioether (sulfide) groups is 1. The first-order valence-electron chi connectivity index (χ1n) is 7.33. The molecule has 0 radical (unpaired) electrons. The molecule has 1 atom stereocenters. The van der Waals surface area contributed by atoms with Crippen LogP contribution < -0.4 is 10.1 Å². The second-order valence-electron chi connectivity index (χ2n) is 5.40. The van der Waals surface area contributed by atoms with Gasteiger partial charge in [0.15, 0.2) is 5.78 Å². The summed E-state index contributed by atoms with van der Waals surface area (Å²) >= 11 is 1.49. The number of carbonyl (C=O) groups is 2. The zero-order chi connectivity index (χ0) is 16.4. The zero-order valence-corrected chi connectivity index (χ0v) is 13.8. The van der Waals surface area contributed by atoms with Crippen LogP contribution in [0, 0.1) is 0 Å². The average Bonchev–Trinajstić information content (AvgIpc) is 2.87. The molecule has 0 aromatic heterocycles. The van der Waals surface area contributed by atoms with Crippen molar-refractivity contribution < 1.29 is 14.3 Å². The molecule has 0 spiro atoms. The molecule has 23 heavy (non-hydrogen) atoms. The van der Waals surface area contributed by atoms with E-state index in [1.54, 1.807) is 13.2 Å². The molecule has 0 fully saturated rings. The number of anilines is 1. The summed E-state index contributed by atoms with van der Waals surface area (Å²) < 4.78 is 5.12. The average molecular weight is 327 g/mol. The first-order chi connectivity index (χ1) is 11.1. The van der Waals surface area contributed by atoms with Crippen LogP contribution in [-0.4, -0.2) is 24.6 Å². The molecule has 3 rings (SSSR count). The second kappa shape index (κ2) is 6.46. The molecule has 2 aromatic carbocycles. The number of carbonyl (C=O) groups excluding carboxylic acids is 2. The molecule has 1 amide bonds. The number of nitrogens with one attached hydrogen (secondary N) is 1. The summed E-state index contributed by atoms with van der Waals surface area (Å²) in [5.41, 5.74) is 2.35. The Hall–Kier alpha value is -2.27. The predicted octanol–water partition coefficient (Wildman–Crippen LogP) is 3.73. The molecule has 0 saturated carbocycles. The molecule has 2 aromatic rings. The lowest BCUT2D eigenvalue weighted by molar-refractivity contribution is -0.116. The number of hydrogen-bond acceptors (Lipinski definition) is 4. The van der Waals surface area contributed by atoms with Gasteiger partial charge in [0.1, 0.15) is 5.75 Å². The van der Waals surface area contributed by atoms with Crippen molar-refractivity contribution in [1.82, 2.24) is 0 Å². The fourth-order valence-electron chi connectivity index (χ4n) is 2.49. The van der Waals surface area contributed by atoms with Crippen LogP contribution in [0.25, 0.3) is 0 Å². The van der Waals surface area contributed by atoms with Gasteiger partial charge >= 0.3 is 0 Å². The van der Waals surface area contributed by atoms with Gasteiger partial charge in [-0.1, -0.05) is 0 Å². The highest BCUT2D eigenvalue weighted by atomic mass is 32.2. The number of ketones is 1. The first-order valence-corrected chi connectivity index (χ1v) is 8.32. The number of amides is 1. The van der Waals surface area contributed by atoms with Crippen molar-refractivity contribution in [3.05, 3.63) is 53.6 Å². The Morgan fingerprint density at radius 3 is 2.65 bits per heavy atom. The van der Waals surface area contributed by atoms with Gasteiger partial charge in [0, 0.05) is 16.1 Å². The van der Waals surface area contributed by atoms with E-state index in [-0.39, 0.29) is 17.6 Å². The highest BCUT2D eigenvalue weighted by Crippen LogP contribution is 2.33. The van der Waals surface area contributed by atoms with Crippen LogP contribution in [0.2, 0.25) is 0 Å². The van der Waals surface area contributed by atoms with Crippen molar-refractivity contribution in [2.24, 2.45) is 0 Å². The number of methoxy groups -OCH3 is 1. The Morgan fingerprint density at radius 2 is 1.96 bits per heavy atom. The molecule has 0 aliphatic carbocycles. The van der Waals surface area contributed by atoms with Crippen molar-refractivity contribution in [3.63, 3.8) is 0 Å². The predicted molar refractivity (Wildman–Crippen MR) is 91.5 cm³/mol. The second-order valence-corrected chi connectivity index (χ2v) is 6.45. The lowest BCUT2D eigenvalue weighted by Crippen LogP contribution is -2.08. The van der Waals surface area contributed by atoms with E-state index in [2.05, 4.69) is 5.32 Å². The van der Waals surface area contributed by atoms with Crippen molar-refractivity contribution in [2.75, 3.05) is 18.2 Å². The molecule has 1 aliphatic heterocycles. The third-order valence-electron chi connectivity index (χ3n) is 3.92. The monoisotopic (exact) mass is 327 g/mol. The molecular formula is C18H17NO3S. The van der Waals surface area contributed by atoms with E-state index in [0.29, 0.717) is 11.3 Å². The van der Waals surface area contributed by atoms with E-state index in [9.17, 15) is 9.59 Å². The van der Waals surface area contributed by atoms with Crippen LogP contribution in [0.1, 0.15) is 28.8 Å². The lowest BCUT2D eigenvalue weighted by Gasteiger charge is -2.06. The smallest absolute Gasteiger partial charge is 0.231 e. The summed E-state index contributed by atoms with van der Waals surface area (Å²) in [6, 6.07) is 13.0. The Labute approximate surface area is 139 Å². The highest BCUT2D eigenvalue weighted by Gasteiger charge is 2.27. The number of Topliss-reactive ketones (excluding diaryl/α,β-unsaturated/α-hetero) is 1. The summed E-state index contributed by atoms with van der Waals surface area (Å²) in [5.74, 6) is 0.996. The van der Waals surface area contributed by atoms with E-state index < -0.39 is 0 Å². The van der Waals surface area contributed by atoms with Gasteiger partial charge in [0.05, 0.1) is 18.8 Å². The molecule has 0 bridgehead atoms. The molecular weight excluding hydrogens is 310 g/mol. The van der Waals surface area contributed by atoms with Crippen molar-refractivity contribution in [3.8, 4) is 5.75 Å². The Morgan fingerprint density at radius 1 is 1.22 bits per heavy atom. The third kappa shape index (κ3) is 3.24. The normalized spacial score (nSPS) is 15.9. The topological polar surface area (TPSA) is 55.4 Å². The third-order valence-corrected chi connectivity index (χ3v) is 4.93. The van der Waals surface area contributed by atoms with Gasteiger partial charge in [0.2, 0.25) is 5.91 Å². The number of benzene rings is 2. The molecule has 1 heterocycles. The molecule has 5 heteroatoms. The number of rotatable bonds is 5. The molecule has 1 aliphatic rings. The standard InChI is InChI=1S/C18H17NO3S/c1-11-15-9-12(3-8-16(15)19-18(11)21)17(20)10-23-14-6-4-13(22-2)5-7-14/h3-9,11H,10H2,1-2H3,(H,19,21)/t11-/m1/s1. The van der Waals surface area contributed by atoms with Gasteiger partial charge in [-0.25, -0.2) is 0 Å². The molecule has 0 saturated heterocycles. The van der Waals surface area contributed by atoms with Crippen molar-refractivity contribution >= 4 is 29.1 Å². The van der Waals surface area contributed by atoms with Crippen molar-refractivity contribution in [1.29, 1.82) is 0 Å². The van der Waals surface area contributed by atoms with E-state index in [1.165, 1.54) is 11.8 Å². The summed E-state index contributed by atoms with van der Waals surface area (Å²) in [6.07, 6.45) is 0. The summed E-state index contributed by atoms with van der Waals surface area (Å²) in [4.78, 5) is 25.1. The van der Waals surface area contributed by atoms with E-state index in [0.717, 1.165) is 21.9 Å². The zero-order valence-electron chi connectivity index (χ0n) is 13.0. The number of hydrogen-bond donors (Lipinski definition) is 1. The minimum absolute atomic E-state index is 0.0165. The molecule has 1 N–H and O–H groups in total. The van der Waals surface area contributed by atoms with E-state index >= 15 is 0 Å². The fourth-order valence-corrected chi connectivity index (χ4v) is 3.29. The van der Waals surface area contributed by atoms with Crippen LogP contribution in [0.5, 0.6) is 5.75 Å². The Bertz CT molecular complexity index is 755. The SMILES string of the molecule is COc1ccc(SCC(=O)c2ccc3c(c2)[C@@H](C)C(=O)N3)cc1. The van der Waals surface area contributed by atoms with Crippen molar-refractivity contribution in [2.45, 2.75) is 17.7 Å². The largest absolute Gasteiger partial charge is 0.497 e. The number of fused-ring (bicyclic) bond motifs is 1. The van der Waals surface area contributed by atoms with Gasteiger partial charge in [-0.05, 0) is 55.0 Å². The van der Waals surface area contributed by atoms with Crippen LogP contribution in [0.4, 0.5) is 5.69 Å². The van der Waals surface area contributed by atoms with Crippen LogP contribution in [0.3, 0.4) is 0 Å². The van der Waals surface area contributed by atoms with Crippen LogP contribution in [0.15, 0.2) is 47.4 Å². The maximum absolute atomic E-state index is 12.4. The summed E-state index contributed by atoms with van der Waals surface area (Å²) in [7, 11) is 1.63. The minimum atomic E-state index is -0.202. The van der Waals surface area contributed by atoms with Crippen LogP contribution >= 0.6 is 11.8 Å². The lowest BCUT2D eigenvalue weighted by atomic mass is 9.99. The molecule has 0 unspecified atom stereocenters. The maximum atomic E-state index is 12.4. The quantitative estimate of drug-likeness (QED) is 0.671. The van der Waals surface area contributed by atoms with Gasteiger partial charge < -0.3 is 10.1 Å². The Balaban J connectivity index is 1.68. The maximum Gasteiger partial charge on any atom is 0.231 e. The molecule has 4 nitrogen and oxygen atoms in total. The number of ether oxygens (including phenoxy) is 1. The summed E-state index contributed by atoms with van der Waals surface area (Å²) in [5, 5.41) is 2.81. The van der Waals surface area contributed by atoms with Gasteiger partial charge in [-0.15, -0.1) is 11.8 Å². The highest BCUT2D eigenvalue weighted by molar-refractivity contribution is 8.00. The van der Waals surface area contributed by atoms with Gasteiger partial charge in [-0.3, -0.25) is 9.59 Å². The van der Waals surface area contributed by atoms with E-state index in [4.69, 9.17) is 4.74 Å².